The largest absolute Gasteiger partial charge is 0.481 e. The molecule has 4 nitrogen and oxygen atoms in total. The highest BCUT2D eigenvalue weighted by atomic mass is 16.4. The highest BCUT2D eigenvalue weighted by Gasteiger charge is 2.44. The standard InChI is InChI=1S/C14H17NO3/c1-15(8-7-13(16)17)14(18)12-9-11(12)10-5-3-2-4-6-10/h2-6,11-12H,7-9H2,1H3,(H,16,17). The fourth-order valence-corrected chi connectivity index (χ4v) is 2.19. The van der Waals surface area contributed by atoms with Gasteiger partial charge in [-0.15, -0.1) is 0 Å². The van der Waals surface area contributed by atoms with Gasteiger partial charge in [-0.05, 0) is 17.9 Å². The minimum atomic E-state index is -0.870. The summed E-state index contributed by atoms with van der Waals surface area (Å²) in [5.41, 5.74) is 1.20. The molecule has 2 atom stereocenters. The molecule has 1 aromatic rings. The predicted molar refractivity (Wildman–Crippen MR) is 67.2 cm³/mol. The Balaban J connectivity index is 1.87. The SMILES string of the molecule is CN(CCC(=O)O)C(=O)C1CC1c1ccccc1. The number of nitrogens with zero attached hydrogens (tertiary/aromatic N) is 1. The van der Waals surface area contributed by atoms with E-state index in [-0.39, 0.29) is 24.8 Å². The van der Waals surface area contributed by atoms with Gasteiger partial charge < -0.3 is 10.0 Å². The Bertz CT molecular complexity index is 444. The number of carbonyl (C=O) groups excluding carboxylic acids is 1. The summed E-state index contributed by atoms with van der Waals surface area (Å²) in [5, 5.41) is 8.59. The van der Waals surface area contributed by atoms with Crippen molar-refractivity contribution in [2.45, 2.75) is 18.8 Å². The monoisotopic (exact) mass is 247 g/mol. The lowest BCUT2D eigenvalue weighted by Crippen LogP contribution is -2.30. The summed E-state index contributed by atoms with van der Waals surface area (Å²) in [6.07, 6.45) is 0.880. The Morgan fingerprint density at radius 3 is 2.61 bits per heavy atom. The maximum atomic E-state index is 12.0. The lowest BCUT2D eigenvalue weighted by molar-refractivity contribution is -0.138. The van der Waals surface area contributed by atoms with Crippen LogP contribution < -0.4 is 0 Å². The van der Waals surface area contributed by atoms with Gasteiger partial charge in [-0.2, -0.15) is 0 Å². The zero-order valence-electron chi connectivity index (χ0n) is 10.4. The third-order valence-electron chi connectivity index (χ3n) is 3.37. The zero-order valence-corrected chi connectivity index (χ0v) is 10.4. The van der Waals surface area contributed by atoms with E-state index >= 15 is 0 Å². The van der Waals surface area contributed by atoms with Crippen LogP contribution in [0.5, 0.6) is 0 Å². The molecule has 1 amide bonds. The molecule has 0 aliphatic heterocycles. The van der Waals surface area contributed by atoms with Crippen molar-refractivity contribution >= 4 is 11.9 Å². The van der Waals surface area contributed by atoms with Crippen LogP contribution in [0.4, 0.5) is 0 Å². The first-order valence-corrected chi connectivity index (χ1v) is 6.11. The molecule has 2 rings (SSSR count). The van der Waals surface area contributed by atoms with Gasteiger partial charge >= 0.3 is 5.97 Å². The highest BCUT2D eigenvalue weighted by Crippen LogP contribution is 2.48. The van der Waals surface area contributed by atoms with Crippen LogP contribution in [0.1, 0.15) is 24.3 Å². The van der Waals surface area contributed by atoms with Crippen molar-refractivity contribution in [3.8, 4) is 0 Å². The van der Waals surface area contributed by atoms with Crippen LogP contribution in [0.25, 0.3) is 0 Å². The number of aliphatic carboxylic acids is 1. The Labute approximate surface area is 106 Å². The lowest BCUT2D eigenvalue weighted by Gasteiger charge is -2.15. The summed E-state index contributed by atoms with van der Waals surface area (Å²) in [6, 6.07) is 9.98. The van der Waals surface area contributed by atoms with E-state index in [4.69, 9.17) is 5.11 Å². The van der Waals surface area contributed by atoms with Crippen LogP contribution in [0.3, 0.4) is 0 Å². The van der Waals surface area contributed by atoms with Crippen molar-refractivity contribution < 1.29 is 14.7 Å². The molecule has 1 aliphatic rings. The summed E-state index contributed by atoms with van der Waals surface area (Å²) in [7, 11) is 1.67. The minimum Gasteiger partial charge on any atom is -0.481 e. The second-order valence-corrected chi connectivity index (χ2v) is 4.76. The van der Waals surface area contributed by atoms with E-state index in [0.29, 0.717) is 5.92 Å². The van der Waals surface area contributed by atoms with Crippen molar-refractivity contribution in [2.75, 3.05) is 13.6 Å². The van der Waals surface area contributed by atoms with Crippen LogP contribution in [-0.2, 0) is 9.59 Å². The van der Waals surface area contributed by atoms with E-state index in [2.05, 4.69) is 0 Å². The summed E-state index contributed by atoms with van der Waals surface area (Å²) < 4.78 is 0. The number of hydrogen-bond acceptors (Lipinski definition) is 2. The fraction of sp³-hybridized carbons (Fsp3) is 0.429. The molecule has 1 aliphatic carbocycles. The Kier molecular flexibility index (Phi) is 3.65. The Morgan fingerprint density at radius 2 is 2.00 bits per heavy atom. The molecule has 4 heteroatoms. The van der Waals surface area contributed by atoms with Gasteiger partial charge in [-0.25, -0.2) is 0 Å². The van der Waals surface area contributed by atoms with Gasteiger partial charge in [-0.1, -0.05) is 30.3 Å². The third kappa shape index (κ3) is 2.88. The van der Waals surface area contributed by atoms with Crippen LogP contribution in [0, 0.1) is 5.92 Å². The van der Waals surface area contributed by atoms with Crippen molar-refractivity contribution in [1.82, 2.24) is 4.90 Å². The van der Waals surface area contributed by atoms with Crippen molar-refractivity contribution in [2.24, 2.45) is 5.92 Å². The molecule has 1 aromatic carbocycles. The van der Waals surface area contributed by atoms with Gasteiger partial charge in [0, 0.05) is 19.5 Å². The van der Waals surface area contributed by atoms with Gasteiger partial charge in [0.2, 0.25) is 5.91 Å². The smallest absolute Gasteiger partial charge is 0.305 e. The molecule has 0 spiro atoms. The van der Waals surface area contributed by atoms with Crippen LogP contribution in [0.2, 0.25) is 0 Å². The van der Waals surface area contributed by atoms with E-state index in [0.717, 1.165) is 6.42 Å². The zero-order chi connectivity index (χ0) is 13.1. The summed E-state index contributed by atoms with van der Waals surface area (Å²) in [5.74, 6) is -0.465. The summed E-state index contributed by atoms with van der Waals surface area (Å²) in [6.45, 7) is 0.284. The van der Waals surface area contributed by atoms with Crippen LogP contribution in [-0.4, -0.2) is 35.5 Å². The summed E-state index contributed by atoms with van der Waals surface area (Å²) in [4.78, 5) is 24.0. The number of benzene rings is 1. The van der Waals surface area contributed by atoms with Crippen molar-refractivity contribution in [1.29, 1.82) is 0 Å². The third-order valence-corrected chi connectivity index (χ3v) is 3.37. The number of amides is 1. The van der Waals surface area contributed by atoms with E-state index in [9.17, 15) is 9.59 Å². The summed E-state index contributed by atoms with van der Waals surface area (Å²) >= 11 is 0. The molecule has 96 valence electrons. The molecule has 1 saturated carbocycles. The predicted octanol–water partition coefficient (Wildman–Crippen LogP) is 1.72. The van der Waals surface area contributed by atoms with Crippen LogP contribution in [0.15, 0.2) is 30.3 Å². The Morgan fingerprint density at radius 1 is 1.33 bits per heavy atom. The first kappa shape index (κ1) is 12.6. The first-order chi connectivity index (χ1) is 8.59. The molecular weight excluding hydrogens is 230 g/mol. The molecule has 0 aromatic heterocycles. The average molecular weight is 247 g/mol. The quantitative estimate of drug-likeness (QED) is 0.862. The molecule has 0 bridgehead atoms. The number of rotatable bonds is 5. The molecule has 0 heterocycles. The first-order valence-electron chi connectivity index (χ1n) is 6.11. The molecule has 1 N–H and O–H groups in total. The van der Waals surface area contributed by atoms with Gasteiger partial charge in [-0.3, -0.25) is 9.59 Å². The fourth-order valence-electron chi connectivity index (χ4n) is 2.19. The van der Waals surface area contributed by atoms with Gasteiger partial charge in [0.15, 0.2) is 0 Å². The maximum Gasteiger partial charge on any atom is 0.305 e. The number of carbonyl (C=O) groups is 2. The van der Waals surface area contributed by atoms with E-state index in [1.807, 2.05) is 30.3 Å². The minimum absolute atomic E-state index is 0.00492. The van der Waals surface area contributed by atoms with E-state index < -0.39 is 5.97 Å². The molecule has 18 heavy (non-hydrogen) atoms. The molecule has 0 saturated heterocycles. The molecular formula is C14H17NO3. The van der Waals surface area contributed by atoms with Gasteiger partial charge in [0.05, 0.1) is 6.42 Å². The molecule has 1 fully saturated rings. The molecule has 0 radical (unpaired) electrons. The number of carboxylic acid groups (broad SMARTS) is 1. The Hall–Kier alpha value is -1.84. The second kappa shape index (κ2) is 5.21. The molecule has 2 unspecified atom stereocenters. The van der Waals surface area contributed by atoms with Gasteiger partial charge in [0.25, 0.3) is 0 Å². The van der Waals surface area contributed by atoms with Gasteiger partial charge in [0.1, 0.15) is 0 Å². The lowest BCUT2D eigenvalue weighted by atomic mass is 10.1. The second-order valence-electron chi connectivity index (χ2n) is 4.76. The highest BCUT2D eigenvalue weighted by molar-refractivity contribution is 5.83. The maximum absolute atomic E-state index is 12.0. The average Bonchev–Trinajstić information content (AvgIpc) is 3.16. The van der Waals surface area contributed by atoms with Crippen molar-refractivity contribution in [3.63, 3.8) is 0 Å². The van der Waals surface area contributed by atoms with Crippen molar-refractivity contribution in [3.05, 3.63) is 35.9 Å². The number of hydrogen-bond donors (Lipinski definition) is 1. The number of carboxylic acids is 1. The topological polar surface area (TPSA) is 57.6 Å². The van der Waals surface area contributed by atoms with Crippen LogP contribution >= 0.6 is 0 Å². The van der Waals surface area contributed by atoms with E-state index in [1.165, 1.54) is 10.5 Å². The van der Waals surface area contributed by atoms with E-state index in [1.54, 1.807) is 7.05 Å². The normalized spacial score (nSPS) is 21.4.